The standard InChI is InChI=1S/C15H18N4O4S/c1-23-14-12(5-4-6-16-14)18-24(21,22)11-9-13(17-10-11)15(20)19-7-2-3-8-19/h4-6,9-10,17-18H,2-3,7-8H2,1H3. The molecule has 0 aliphatic carbocycles. The summed E-state index contributed by atoms with van der Waals surface area (Å²) in [4.78, 5) is 20.7. The van der Waals surface area contributed by atoms with Gasteiger partial charge in [-0.3, -0.25) is 9.52 Å². The SMILES string of the molecule is COc1ncccc1NS(=O)(=O)c1c[nH]c(C(=O)N2CCCC2)c1. The lowest BCUT2D eigenvalue weighted by Gasteiger charge is -2.13. The van der Waals surface area contributed by atoms with Gasteiger partial charge in [-0.15, -0.1) is 0 Å². The van der Waals surface area contributed by atoms with Crippen molar-refractivity contribution >= 4 is 21.6 Å². The Morgan fingerprint density at radius 2 is 2.12 bits per heavy atom. The van der Waals surface area contributed by atoms with Gasteiger partial charge in [0.15, 0.2) is 0 Å². The van der Waals surface area contributed by atoms with Crippen LogP contribution in [0.5, 0.6) is 5.88 Å². The Hall–Kier alpha value is -2.55. The van der Waals surface area contributed by atoms with Crippen molar-refractivity contribution < 1.29 is 17.9 Å². The highest BCUT2D eigenvalue weighted by atomic mass is 32.2. The van der Waals surface area contributed by atoms with E-state index in [4.69, 9.17) is 4.74 Å². The maximum atomic E-state index is 12.5. The maximum Gasteiger partial charge on any atom is 0.270 e. The minimum Gasteiger partial charge on any atom is -0.480 e. The number of nitrogens with one attached hydrogen (secondary N) is 2. The molecule has 24 heavy (non-hydrogen) atoms. The first-order chi connectivity index (χ1) is 11.5. The van der Waals surface area contributed by atoms with Gasteiger partial charge in [0.05, 0.1) is 7.11 Å². The number of carbonyl (C=O) groups excluding carboxylic acids is 1. The summed E-state index contributed by atoms with van der Waals surface area (Å²) in [5.41, 5.74) is 0.490. The average Bonchev–Trinajstić information content (AvgIpc) is 3.26. The minimum atomic E-state index is -3.85. The van der Waals surface area contributed by atoms with Gasteiger partial charge in [-0.25, -0.2) is 13.4 Å². The summed E-state index contributed by atoms with van der Waals surface area (Å²) in [5.74, 6) is -0.0158. The predicted molar refractivity (Wildman–Crippen MR) is 87.5 cm³/mol. The van der Waals surface area contributed by atoms with Crippen LogP contribution in [-0.4, -0.2) is 49.4 Å². The van der Waals surface area contributed by atoms with E-state index in [9.17, 15) is 13.2 Å². The molecule has 9 heteroatoms. The highest BCUT2D eigenvalue weighted by Gasteiger charge is 2.24. The summed E-state index contributed by atoms with van der Waals surface area (Å²) in [7, 11) is -2.45. The van der Waals surface area contributed by atoms with Crippen LogP contribution in [0, 0.1) is 0 Å². The van der Waals surface area contributed by atoms with E-state index in [1.807, 2.05) is 0 Å². The molecule has 0 bridgehead atoms. The van der Waals surface area contributed by atoms with E-state index in [2.05, 4.69) is 14.7 Å². The third kappa shape index (κ3) is 3.21. The van der Waals surface area contributed by atoms with E-state index in [1.54, 1.807) is 17.0 Å². The first-order valence-corrected chi connectivity index (χ1v) is 8.99. The molecule has 0 atom stereocenters. The first kappa shape index (κ1) is 16.3. The number of hydrogen-bond acceptors (Lipinski definition) is 5. The van der Waals surface area contributed by atoms with Crippen molar-refractivity contribution in [2.45, 2.75) is 17.7 Å². The minimum absolute atomic E-state index is 0.0176. The van der Waals surface area contributed by atoms with E-state index in [1.165, 1.54) is 25.6 Å². The van der Waals surface area contributed by atoms with Crippen molar-refractivity contribution in [1.29, 1.82) is 0 Å². The molecule has 0 saturated carbocycles. The summed E-state index contributed by atoms with van der Waals surface area (Å²) in [5, 5.41) is 0. The molecule has 1 aliphatic heterocycles. The molecule has 0 aromatic carbocycles. The van der Waals surface area contributed by atoms with Crippen LogP contribution in [0.15, 0.2) is 35.5 Å². The number of hydrogen-bond donors (Lipinski definition) is 2. The molecule has 1 amide bonds. The largest absolute Gasteiger partial charge is 0.480 e. The number of sulfonamides is 1. The first-order valence-electron chi connectivity index (χ1n) is 7.51. The van der Waals surface area contributed by atoms with Crippen LogP contribution in [0.2, 0.25) is 0 Å². The number of amides is 1. The highest BCUT2D eigenvalue weighted by Crippen LogP contribution is 2.24. The molecular formula is C15H18N4O4S. The van der Waals surface area contributed by atoms with Gasteiger partial charge < -0.3 is 14.6 Å². The van der Waals surface area contributed by atoms with Gasteiger partial charge in [-0.05, 0) is 31.0 Å². The molecule has 128 valence electrons. The van der Waals surface area contributed by atoms with Crippen molar-refractivity contribution in [3.05, 3.63) is 36.3 Å². The number of aromatic nitrogens is 2. The quantitative estimate of drug-likeness (QED) is 0.849. The number of H-pyrrole nitrogens is 1. The fraction of sp³-hybridized carbons (Fsp3) is 0.333. The van der Waals surface area contributed by atoms with Crippen molar-refractivity contribution in [2.75, 3.05) is 24.9 Å². The van der Waals surface area contributed by atoms with Gasteiger partial charge in [-0.2, -0.15) is 0 Å². The number of pyridine rings is 1. The zero-order valence-electron chi connectivity index (χ0n) is 13.2. The van der Waals surface area contributed by atoms with Crippen LogP contribution >= 0.6 is 0 Å². The van der Waals surface area contributed by atoms with Crippen molar-refractivity contribution in [2.24, 2.45) is 0 Å². The van der Waals surface area contributed by atoms with E-state index < -0.39 is 10.0 Å². The smallest absolute Gasteiger partial charge is 0.270 e. The maximum absolute atomic E-state index is 12.5. The number of rotatable bonds is 5. The second-order valence-electron chi connectivity index (χ2n) is 5.41. The monoisotopic (exact) mass is 350 g/mol. The molecule has 2 N–H and O–H groups in total. The Morgan fingerprint density at radius 1 is 1.38 bits per heavy atom. The Morgan fingerprint density at radius 3 is 2.83 bits per heavy atom. The number of ether oxygens (including phenoxy) is 1. The van der Waals surface area contributed by atoms with Gasteiger partial charge in [-0.1, -0.05) is 0 Å². The summed E-state index contributed by atoms with van der Waals surface area (Å²) in [6.45, 7) is 1.40. The van der Waals surface area contributed by atoms with Crippen LogP contribution in [0.1, 0.15) is 23.3 Å². The van der Waals surface area contributed by atoms with E-state index in [0.717, 1.165) is 12.8 Å². The molecular weight excluding hydrogens is 332 g/mol. The number of likely N-dealkylation sites (tertiary alicyclic amines) is 1. The third-order valence-corrected chi connectivity index (χ3v) is 5.14. The summed E-state index contributed by atoms with van der Waals surface area (Å²) in [6, 6.07) is 4.48. The van der Waals surface area contributed by atoms with E-state index in [-0.39, 0.29) is 28.1 Å². The number of nitrogens with zero attached hydrogens (tertiary/aromatic N) is 2. The molecule has 8 nitrogen and oxygen atoms in total. The van der Waals surface area contributed by atoms with E-state index in [0.29, 0.717) is 13.1 Å². The molecule has 2 aromatic rings. The van der Waals surface area contributed by atoms with E-state index >= 15 is 0 Å². The Labute approximate surface area is 139 Å². The lowest BCUT2D eigenvalue weighted by atomic mass is 10.4. The van der Waals surface area contributed by atoms with Crippen molar-refractivity contribution in [3.63, 3.8) is 0 Å². The third-order valence-electron chi connectivity index (χ3n) is 3.80. The lowest BCUT2D eigenvalue weighted by molar-refractivity contribution is 0.0787. The Bertz CT molecular complexity index is 841. The molecule has 1 fully saturated rings. The van der Waals surface area contributed by atoms with Gasteiger partial charge in [0.1, 0.15) is 16.3 Å². The molecule has 1 aliphatic rings. The molecule has 3 rings (SSSR count). The van der Waals surface area contributed by atoms with Crippen LogP contribution in [-0.2, 0) is 10.0 Å². The number of anilines is 1. The number of carbonyl (C=O) groups is 1. The van der Waals surface area contributed by atoms with Gasteiger partial charge >= 0.3 is 0 Å². The summed E-state index contributed by atoms with van der Waals surface area (Å²) in [6.07, 6.45) is 4.74. The van der Waals surface area contributed by atoms with Crippen LogP contribution in [0.3, 0.4) is 0 Å². The second kappa shape index (κ2) is 6.52. The fourth-order valence-electron chi connectivity index (χ4n) is 2.58. The van der Waals surface area contributed by atoms with Crippen molar-refractivity contribution in [1.82, 2.24) is 14.9 Å². The van der Waals surface area contributed by atoms with Crippen LogP contribution < -0.4 is 9.46 Å². The normalized spacial score (nSPS) is 14.6. The average molecular weight is 350 g/mol. The van der Waals surface area contributed by atoms with Gasteiger partial charge in [0.2, 0.25) is 5.88 Å². The van der Waals surface area contributed by atoms with Crippen LogP contribution in [0.4, 0.5) is 5.69 Å². The molecule has 3 heterocycles. The zero-order chi connectivity index (χ0) is 17.2. The number of methoxy groups -OCH3 is 1. The molecule has 0 radical (unpaired) electrons. The molecule has 0 unspecified atom stereocenters. The Balaban J connectivity index is 1.81. The predicted octanol–water partition coefficient (Wildman–Crippen LogP) is 1.46. The molecule has 0 spiro atoms. The Kier molecular flexibility index (Phi) is 4.43. The second-order valence-corrected chi connectivity index (χ2v) is 7.10. The van der Waals surface area contributed by atoms with Crippen LogP contribution in [0.25, 0.3) is 0 Å². The van der Waals surface area contributed by atoms with Gasteiger partial charge in [0, 0.05) is 25.5 Å². The lowest BCUT2D eigenvalue weighted by Crippen LogP contribution is -2.27. The molecule has 2 aromatic heterocycles. The summed E-state index contributed by atoms with van der Waals surface area (Å²) < 4.78 is 32.4. The van der Waals surface area contributed by atoms with Crippen molar-refractivity contribution in [3.8, 4) is 5.88 Å². The molecule has 1 saturated heterocycles. The van der Waals surface area contributed by atoms with Gasteiger partial charge in [0.25, 0.3) is 15.9 Å². The summed E-state index contributed by atoms with van der Waals surface area (Å²) >= 11 is 0. The number of aromatic amines is 1. The fourth-order valence-corrected chi connectivity index (χ4v) is 3.63. The zero-order valence-corrected chi connectivity index (χ0v) is 14.0. The topological polar surface area (TPSA) is 104 Å². The highest BCUT2D eigenvalue weighted by molar-refractivity contribution is 7.92.